The molecule has 0 spiro atoms. The van der Waals surface area contributed by atoms with Crippen LogP contribution in [-0.2, 0) is 28.8 Å². The Morgan fingerprint density at radius 1 is 1.25 bits per heavy atom. The summed E-state index contributed by atoms with van der Waals surface area (Å²) in [5.41, 5.74) is 6.43. The van der Waals surface area contributed by atoms with Gasteiger partial charge < -0.3 is 14.0 Å². The normalized spacial score (nSPS) is 12.1. The van der Waals surface area contributed by atoms with E-state index >= 15 is 0 Å². The van der Waals surface area contributed by atoms with E-state index in [1.165, 1.54) is 5.56 Å². The number of ether oxygens (including phenoxy) is 2. The van der Waals surface area contributed by atoms with Gasteiger partial charge in [0.1, 0.15) is 17.5 Å². The largest absolute Gasteiger partial charge is 0.490 e. The molecule has 2 aromatic carbocycles. The molecule has 0 fully saturated rings. The van der Waals surface area contributed by atoms with Crippen LogP contribution < -0.4 is 4.74 Å². The second-order valence-corrected chi connectivity index (χ2v) is 8.16. The molecular weight excluding hydrogens is 428 g/mol. The van der Waals surface area contributed by atoms with Crippen LogP contribution in [-0.4, -0.2) is 23.3 Å². The van der Waals surface area contributed by atoms with Crippen molar-refractivity contribution in [1.29, 1.82) is 5.26 Å². The molecule has 1 aliphatic carbocycles. The second kappa shape index (κ2) is 9.46. The molecule has 4 rings (SSSR count). The summed E-state index contributed by atoms with van der Waals surface area (Å²) in [6.07, 6.45) is 2.50. The van der Waals surface area contributed by atoms with Gasteiger partial charge >= 0.3 is 5.97 Å². The van der Waals surface area contributed by atoms with E-state index in [0.29, 0.717) is 29.9 Å². The zero-order valence-corrected chi connectivity index (χ0v) is 18.7. The van der Waals surface area contributed by atoms with Gasteiger partial charge in [-0.3, -0.25) is 4.79 Å². The lowest BCUT2D eigenvalue weighted by atomic mass is 9.86. The first kappa shape index (κ1) is 21.9. The number of carbonyl (C=O) groups is 1. The zero-order valence-electron chi connectivity index (χ0n) is 18.0. The average molecular weight is 451 g/mol. The van der Waals surface area contributed by atoms with Crippen molar-refractivity contribution < 1.29 is 18.8 Å². The highest BCUT2D eigenvalue weighted by Gasteiger charge is 2.25. The molecule has 0 aliphatic heterocycles. The molecule has 0 amide bonds. The number of aryl methyl sites for hydroxylation is 2. The summed E-state index contributed by atoms with van der Waals surface area (Å²) in [6.45, 7) is 3.85. The van der Waals surface area contributed by atoms with Crippen LogP contribution >= 0.6 is 11.6 Å². The number of rotatable bonds is 7. The number of halogens is 1. The molecule has 0 radical (unpaired) electrons. The summed E-state index contributed by atoms with van der Waals surface area (Å²) in [7, 11) is 0. The van der Waals surface area contributed by atoms with E-state index in [4.69, 9.17) is 25.6 Å². The van der Waals surface area contributed by atoms with E-state index in [1.807, 2.05) is 32.0 Å². The SMILES string of the molecule is CC(C)Oc1ccc(-c2onc3c2CCc2cc(CCC(=O)OCCl)ccc2-3)cc1C#N. The summed E-state index contributed by atoms with van der Waals surface area (Å²) in [5.74, 6) is 0.946. The van der Waals surface area contributed by atoms with Crippen LogP contribution in [0.5, 0.6) is 5.75 Å². The first-order valence-corrected chi connectivity index (χ1v) is 11.1. The maximum atomic E-state index is 11.6. The number of nitriles is 1. The Kier molecular flexibility index (Phi) is 6.48. The smallest absolute Gasteiger partial charge is 0.307 e. The van der Waals surface area contributed by atoms with Crippen LogP contribution in [0.1, 0.15) is 42.5 Å². The van der Waals surface area contributed by atoms with E-state index in [0.717, 1.165) is 40.8 Å². The molecule has 32 heavy (non-hydrogen) atoms. The Bertz CT molecular complexity index is 1190. The standard InChI is InChI=1S/C25H23ClN2O4/c1-15(2)31-22-9-6-18(12-19(22)13-27)25-21-8-5-17-11-16(4-10-23(29)30-14-26)3-7-20(17)24(21)28-32-25/h3,6-7,9,11-12,15H,4-5,8,10,14H2,1-2H3. The summed E-state index contributed by atoms with van der Waals surface area (Å²) >= 11 is 5.43. The van der Waals surface area contributed by atoms with Gasteiger partial charge in [0.2, 0.25) is 0 Å². The first-order valence-electron chi connectivity index (χ1n) is 10.5. The summed E-state index contributed by atoms with van der Waals surface area (Å²) < 4.78 is 16.3. The Morgan fingerprint density at radius 3 is 2.84 bits per heavy atom. The van der Waals surface area contributed by atoms with Gasteiger partial charge in [0.25, 0.3) is 0 Å². The van der Waals surface area contributed by atoms with Gasteiger partial charge in [0.05, 0.1) is 11.7 Å². The van der Waals surface area contributed by atoms with Crippen molar-refractivity contribution in [2.75, 3.05) is 6.07 Å². The molecule has 0 bridgehead atoms. The second-order valence-electron chi connectivity index (χ2n) is 7.95. The van der Waals surface area contributed by atoms with Gasteiger partial charge in [-0.05, 0) is 62.4 Å². The van der Waals surface area contributed by atoms with Gasteiger partial charge in [0, 0.05) is 23.1 Å². The number of benzene rings is 2. The van der Waals surface area contributed by atoms with Crippen molar-refractivity contribution in [1.82, 2.24) is 5.16 Å². The molecule has 0 saturated carbocycles. The first-order chi connectivity index (χ1) is 15.5. The quantitative estimate of drug-likeness (QED) is 0.352. The molecule has 1 aromatic heterocycles. The van der Waals surface area contributed by atoms with Gasteiger partial charge in [0.15, 0.2) is 11.8 Å². The lowest BCUT2D eigenvalue weighted by Crippen LogP contribution is -2.07. The van der Waals surface area contributed by atoms with Crippen molar-refractivity contribution in [3.63, 3.8) is 0 Å². The predicted molar refractivity (Wildman–Crippen MR) is 120 cm³/mol. The highest BCUT2D eigenvalue weighted by molar-refractivity contribution is 6.17. The number of hydrogen-bond donors (Lipinski definition) is 0. The molecule has 0 unspecified atom stereocenters. The van der Waals surface area contributed by atoms with Crippen LogP contribution in [0, 0.1) is 11.3 Å². The van der Waals surface area contributed by atoms with Gasteiger partial charge in [-0.1, -0.05) is 35.0 Å². The molecule has 0 N–H and O–H groups in total. The summed E-state index contributed by atoms with van der Waals surface area (Å²) in [6, 6.07) is 13.7. The molecule has 164 valence electrons. The minimum Gasteiger partial charge on any atom is -0.490 e. The monoisotopic (exact) mass is 450 g/mol. The van der Waals surface area contributed by atoms with Crippen molar-refractivity contribution in [2.45, 2.75) is 45.6 Å². The van der Waals surface area contributed by atoms with Crippen LogP contribution in [0.3, 0.4) is 0 Å². The number of fused-ring (bicyclic) bond motifs is 3. The molecule has 6 nitrogen and oxygen atoms in total. The lowest BCUT2D eigenvalue weighted by molar-refractivity contribution is -0.141. The van der Waals surface area contributed by atoms with Crippen LogP contribution in [0.15, 0.2) is 40.9 Å². The minimum absolute atomic E-state index is 0.0154. The van der Waals surface area contributed by atoms with Crippen molar-refractivity contribution in [2.24, 2.45) is 0 Å². The maximum absolute atomic E-state index is 11.6. The lowest BCUT2D eigenvalue weighted by Gasteiger charge is -2.17. The Hall–Kier alpha value is -3.30. The molecule has 1 aliphatic rings. The average Bonchev–Trinajstić information content (AvgIpc) is 3.22. The number of aromatic nitrogens is 1. The molecule has 0 atom stereocenters. The fourth-order valence-corrected chi connectivity index (χ4v) is 4.10. The third-order valence-corrected chi connectivity index (χ3v) is 5.52. The van der Waals surface area contributed by atoms with Crippen molar-refractivity contribution in [3.05, 3.63) is 58.7 Å². The number of alkyl halides is 1. The molecule has 0 saturated heterocycles. The molecule has 3 aromatic rings. The van der Waals surface area contributed by atoms with Crippen LogP contribution in [0.4, 0.5) is 0 Å². The summed E-state index contributed by atoms with van der Waals surface area (Å²) in [5, 5.41) is 13.9. The third kappa shape index (κ3) is 4.49. The van der Waals surface area contributed by atoms with E-state index in [2.05, 4.69) is 17.3 Å². The van der Waals surface area contributed by atoms with Crippen LogP contribution in [0.2, 0.25) is 0 Å². The van der Waals surface area contributed by atoms with Gasteiger partial charge in [-0.15, -0.1) is 0 Å². The van der Waals surface area contributed by atoms with E-state index in [1.54, 1.807) is 12.1 Å². The third-order valence-electron chi connectivity index (χ3n) is 5.42. The van der Waals surface area contributed by atoms with E-state index < -0.39 is 0 Å². The molecular formula is C25H23ClN2O4. The van der Waals surface area contributed by atoms with Gasteiger partial charge in [-0.25, -0.2) is 0 Å². The van der Waals surface area contributed by atoms with Gasteiger partial charge in [-0.2, -0.15) is 5.26 Å². The minimum atomic E-state index is -0.303. The fraction of sp³-hybridized carbons (Fsp3) is 0.320. The zero-order chi connectivity index (χ0) is 22.7. The molecule has 7 heteroatoms. The van der Waals surface area contributed by atoms with Crippen molar-refractivity contribution >= 4 is 17.6 Å². The van der Waals surface area contributed by atoms with Crippen LogP contribution in [0.25, 0.3) is 22.6 Å². The number of hydrogen-bond acceptors (Lipinski definition) is 6. The van der Waals surface area contributed by atoms with Crippen molar-refractivity contribution in [3.8, 4) is 34.4 Å². The number of esters is 1. The number of carbonyl (C=O) groups excluding carboxylic acids is 1. The predicted octanol–water partition coefficient (Wildman–Crippen LogP) is 5.44. The Morgan fingerprint density at radius 2 is 2.09 bits per heavy atom. The highest BCUT2D eigenvalue weighted by atomic mass is 35.5. The summed E-state index contributed by atoms with van der Waals surface area (Å²) in [4.78, 5) is 11.6. The Labute approximate surface area is 191 Å². The van der Waals surface area contributed by atoms with E-state index in [-0.39, 0.29) is 18.1 Å². The Balaban J connectivity index is 1.60. The highest BCUT2D eigenvalue weighted by Crippen LogP contribution is 2.39. The molecule has 1 heterocycles. The van der Waals surface area contributed by atoms with E-state index in [9.17, 15) is 10.1 Å². The fourth-order valence-electron chi connectivity index (χ4n) is 3.97. The maximum Gasteiger partial charge on any atom is 0.307 e. The topological polar surface area (TPSA) is 85.3 Å². The number of nitrogens with zero attached hydrogens (tertiary/aromatic N) is 2.